The SMILES string of the molecule is CCCCCCCCCCCCCCCCCCC(=O)OC[C@H](COC(=O)CCCCCCCCCCCCCC(C)C)OC(=O)CCCCCCCCCC(C)C. The molecule has 0 saturated heterocycles. The van der Waals surface area contributed by atoms with Crippen molar-refractivity contribution in [3.63, 3.8) is 0 Å². The van der Waals surface area contributed by atoms with E-state index < -0.39 is 6.10 Å². The number of hydrogen-bond acceptors (Lipinski definition) is 6. The van der Waals surface area contributed by atoms with Crippen LogP contribution in [0.4, 0.5) is 0 Å². The first-order chi connectivity index (χ1) is 28.2. The largest absolute Gasteiger partial charge is 0.462 e. The fraction of sp³-hybridized carbons (Fsp3) is 0.942. The van der Waals surface area contributed by atoms with Gasteiger partial charge in [-0.1, -0.05) is 247 Å². The maximum atomic E-state index is 12.7. The topological polar surface area (TPSA) is 78.9 Å². The molecule has 0 spiro atoms. The van der Waals surface area contributed by atoms with E-state index in [0.717, 1.165) is 69.6 Å². The summed E-state index contributed by atoms with van der Waals surface area (Å²) in [6, 6.07) is 0. The van der Waals surface area contributed by atoms with E-state index in [9.17, 15) is 14.4 Å². The number of rotatable bonds is 46. The summed E-state index contributed by atoms with van der Waals surface area (Å²) in [4.78, 5) is 37.9. The molecule has 0 aromatic rings. The van der Waals surface area contributed by atoms with Gasteiger partial charge in [0, 0.05) is 19.3 Å². The van der Waals surface area contributed by atoms with E-state index in [2.05, 4.69) is 34.6 Å². The lowest BCUT2D eigenvalue weighted by molar-refractivity contribution is -0.167. The summed E-state index contributed by atoms with van der Waals surface area (Å²) in [6.07, 6.45) is 45.3. The molecule has 0 aromatic carbocycles. The Balaban J connectivity index is 4.27. The Morgan fingerprint density at radius 1 is 0.328 bits per heavy atom. The second-order valence-electron chi connectivity index (χ2n) is 18.8. The predicted octanol–water partition coefficient (Wildman–Crippen LogP) is 16.5. The zero-order chi connectivity index (χ0) is 42.6. The number of carbonyl (C=O) groups excluding carboxylic acids is 3. The van der Waals surface area contributed by atoms with Gasteiger partial charge in [0.1, 0.15) is 13.2 Å². The van der Waals surface area contributed by atoms with Crippen LogP contribution in [0.5, 0.6) is 0 Å². The molecule has 0 N–H and O–H groups in total. The fourth-order valence-electron chi connectivity index (χ4n) is 7.81. The van der Waals surface area contributed by atoms with E-state index >= 15 is 0 Å². The third kappa shape index (κ3) is 45.5. The molecule has 0 aliphatic rings. The number of unbranched alkanes of at least 4 members (excludes halogenated alkanes) is 31. The maximum Gasteiger partial charge on any atom is 0.306 e. The van der Waals surface area contributed by atoms with Crippen LogP contribution in [0, 0.1) is 11.8 Å². The molecule has 6 nitrogen and oxygen atoms in total. The van der Waals surface area contributed by atoms with Crippen LogP contribution in [0.25, 0.3) is 0 Å². The second-order valence-corrected chi connectivity index (χ2v) is 18.8. The average Bonchev–Trinajstić information content (AvgIpc) is 3.19. The van der Waals surface area contributed by atoms with Gasteiger partial charge in [-0.05, 0) is 31.1 Å². The van der Waals surface area contributed by atoms with Gasteiger partial charge < -0.3 is 14.2 Å². The van der Waals surface area contributed by atoms with Gasteiger partial charge in [0.15, 0.2) is 6.10 Å². The highest BCUT2D eigenvalue weighted by Gasteiger charge is 2.19. The monoisotopic (exact) mass is 821 g/mol. The van der Waals surface area contributed by atoms with Gasteiger partial charge in [0.25, 0.3) is 0 Å². The van der Waals surface area contributed by atoms with Crippen LogP contribution in [0.3, 0.4) is 0 Å². The van der Waals surface area contributed by atoms with Gasteiger partial charge in [-0.2, -0.15) is 0 Å². The first kappa shape index (κ1) is 56.4. The Labute approximate surface area is 361 Å². The Bertz CT molecular complexity index is 885. The molecule has 0 radical (unpaired) electrons. The number of esters is 3. The summed E-state index contributed by atoms with van der Waals surface area (Å²) in [5.41, 5.74) is 0. The molecule has 58 heavy (non-hydrogen) atoms. The standard InChI is InChI=1S/C52H100O6/c1-6-7-8-9-10-11-12-13-14-15-16-19-22-27-32-37-42-50(53)56-45-49(58-52(55)44-39-34-29-24-26-31-36-41-48(4)5)46-57-51(54)43-38-33-28-23-20-17-18-21-25-30-35-40-47(2)3/h47-49H,6-46H2,1-5H3/t49-/m1/s1. The molecule has 0 unspecified atom stereocenters. The normalized spacial score (nSPS) is 12.1. The Hall–Kier alpha value is -1.59. The van der Waals surface area contributed by atoms with Crippen molar-refractivity contribution >= 4 is 17.9 Å². The highest BCUT2D eigenvalue weighted by molar-refractivity contribution is 5.71. The van der Waals surface area contributed by atoms with E-state index in [1.54, 1.807) is 0 Å². The molecule has 344 valence electrons. The third-order valence-electron chi connectivity index (χ3n) is 11.7. The molecule has 0 aliphatic heterocycles. The van der Waals surface area contributed by atoms with Crippen LogP contribution in [0.15, 0.2) is 0 Å². The van der Waals surface area contributed by atoms with Crippen LogP contribution < -0.4 is 0 Å². The molecule has 0 bridgehead atoms. The minimum atomic E-state index is -0.762. The second kappa shape index (κ2) is 44.9. The van der Waals surface area contributed by atoms with Crippen molar-refractivity contribution in [3.05, 3.63) is 0 Å². The van der Waals surface area contributed by atoms with Crippen LogP contribution in [0.1, 0.15) is 285 Å². The predicted molar refractivity (Wildman–Crippen MR) is 247 cm³/mol. The molecule has 0 aliphatic carbocycles. The zero-order valence-corrected chi connectivity index (χ0v) is 39.7. The zero-order valence-electron chi connectivity index (χ0n) is 39.7. The van der Waals surface area contributed by atoms with E-state index in [0.29, 0.717) is 19.3 Å². The van der Waals surface area contributed by atoms with Crippen LogP contribution in [-0.4, -0.2) is 37.2 Å². The maximum absolute atomic E-state index is 12.7. The third-order valence-corrected chi connectivity index (χ3v) is 11.7. The summed E-state index contributed by atoms with van der Waals surface area (Å²) < 4.78 is 16.8. The van der Waals surface area contributed by atoms with Gasteiger partial charge in [0.05, 0.1) is 0 Å². The van der Waals surface area contributed by atoms with Crippen LogP contribution in [-0.2, 0) is 28.6 Å². The highest BCUT2D eigenvalue weighted by Crippen LogP contribution is 2.17. The quantitative estimate of drug-likeness (QED) is 0.0346. The number of ether oxygens (including phenoxy) is 3. The average molecular weight is 821 g/mol. The molecule has 0 rings (SSSR count). The van der Waals surface area contributed by atoms with Crippen molar-refractivity contribution in [2.24, 2.45) is 11.8 Å². The van der Waals surface area contributed by atoms with E-state index in [1.807, 2.05) is 0 Å². The molecule has 0 amide bonds. The minimum Gasteiger partial charge on any atom is -0.462 e. The molecule has 0 heterocycles. The fourth-order valence-corrected chi connectivity index (χ4v) is 7.81. The molecular weight excluding hydrogens is 721 g/mol. The number of hydrogen-bond donors (Lipinski definition) is 0. The molecule has 0 saturated carbocycles. The molecular formula is C52H100O6. The van der Waals surface area contributed by atoms with E-state index in [4.69, 9.17) is 14.2 Å². The first-order valence-corrected chi connectivity index (χ1v) is 25.7. The Kier molecular flexibility index (Phi) is 43.7. The molecule has 1 atom stereocenters. The lowest BCUT2D eigenvalue weighted by atomic mass is 10.0. The summed E-state index contributed by atoms with van der Waals surface area (Å²) in [6.45, 7) is 11.3. The smallest absolute Gasteiger partial charge is 0.306 e. The first-order valence-electron chi connectivity index (χ1n) is 25.7. The van der Waals surface area contributed by atoms with E-state index in [-0.39, 0.29) is 31.1 Å². The van der Waals surface area contributed by atoms with Gasteiger partial charge in [-0.3, -0.25) is 14.4 Å². The summed E-state index contributed by atoms with van der Waals surface area (Å²) in [5, 5.41) is 0. The Morgan fingerprint density at radius 3 is 0.845 bits per heavy atom. The van der Waals surface area contributed by atoms with E-state index in [1.165, 1.54) is 173 Å². The van der Waals surface area contributed by atoms with Crippen molar-refractivity contribution in [1.29, 1.82) is 0 Å². The van der Waals surface area contributed by atoms with Crippen LogP contribution >= 0.6 is 0 Å². The van der Waals surface area contributed by atoms with Gasteiger partial charge >= 0.3 is 17.9 Å². The molecule has 0 fully saturated rings. The lowest BCUT2D eigenvalue weighted by Crippen LogP contribution is -2.30. The molecule has 6 heteroatoms. The highest BCUT2D eigenvalue weighted by atomic mass is 16.6. The van der Waals surface area contributed by atoms with Gasteiger partial charge in [-0.15, -0.1) is 0 Å². The van der Waals surface area contributed by atoms with Gasteiger partial charge in [0.2, 0.25) is 0 Å². The summed E-state index contributed by atoms with van der Waals surface area (Å²) in [5.74, 6) is 0.753. The van der Waals surface area contributed by atoms with Crippen molar-refractivity contribution in [2.45, 2.75) is 291 Å². The van der Waals surface area contributed by atoms with Crippen molar-refractivity contribution < 1.29 is 28.6 Å². The van der Waals surface area contributed by atoms with Gasteiger partial charge in [-0.25, -0.2) is 0 Å². The van der Waals surface area contributed by atoms with Crippen molar-refractivity contribution in [3.8, 4) is 0 Å². The van der Waals surface area contributed by atoms with Crippen LogP contribution in [0.2, 0.25) is 0 Å². The van der Waals surface area contributed by atoms with Crippen molar-refractivity contribution in [2.75, 3.05) is 13.2 Å². The lowest BCUT2D eigenvalue weighted by Gasteiger charge is -2.18. The van der Waals surface area contributed by atoms with Crippen molar-refractivity contribution in [1.82, 2.24) is 0 Å². The Morgan fingerprint density at radius 2 is 0.569 bits per heavy atom. The molecule has 0 aromatic heterocycles. The summed E-state index contributed by atoms with van der Waals surface area (Å²) in [7, 11) is 0. The summed E-state index contributed by atoms with van der Waals surface area (Å²) >= 11 is 0. The number of carbonyl (C=O) groups is 3. The minimum absolute atomic E-state index is 0.0645.